The summed E-state index contributed by atoms with van der Waals surface area (Å²) in [7, 11) is -1.85. The minimum absolute atomic E-state index is 0.0726. The van der Waals surface area contributed by atoms with Crippen molar-refractivity contribution in [2.45, 2.75) is 31.8 Å². The summed E-state index contributed by atoms with van der Waals surface area (Å²) in [4.78, 5) is 4.12. The molecule has 2 rings (SSSR count). The quantitative estimate of drug-likeness (QED) is 0.865. The van der Waals surface area contributed by atoms with Gasteiger partial charge in [-0.1, -0.05) is 6.42 Å². The Labute approximate surface area is 118 Å². The van der Waals surface area contributed by atoms with Gasteiger partial charge in [0, 0.05) is 31.6 Å². The Morgan fingerprint density at radius 3 is 3.00 bits per heavy atom. The number of hydrogen-bond donors (Lipinski definition) is 1. The highest BCUT2D eigenvalue weighted by atomic mass is 32.2. The van der Waals surface area contributed by atoms with Crippen LogP contribution in [-0.2, 0) is 16.8 Å². The summed E-state index contributed by atoms with van der Waals surface area (Å²) in [5, 5.41) is 1.86. The third-order valence-corrected chi connectivity index (χ3v) is 6.03. The number of thiazole rings is 1. The minimum Gasteiger partial charge on any atom is -0.329 e. The molecule has 1 unspecified atom stereocenters. The van der Waals surface area contributed by atoms with Crippen molar-refractivity contribution >= 4 is 21.5 Å². The molecular weight excluding hydrogens is 284 g/mol. The highest BCUT2D eigenvalue weighted by Gasteiger charge is 2.34. The zero-order chi connectivity index (χ0) is 13.9. The molecule has 1 fully saturated rings. The van der Waals surface area contributed by atoms with Gasteiger partial charge in [-0.15, -0.1) is 11.3 Å². The molecule has 0 radical (unpaired) electrons. The monoisotopic (exact) mass is 304 g/mol. The number of piperidine rings is 1. The predicted molar refractivity (Wildman–Crippen MR) is 75.9 cm³/mol. The molecule has 1 aromatic heterocycles. The Hall–Kier alpha value is -0.540. The first kappa shape index (κ1) is 14.9. The lowest BCUT2D eigenvalue weighted by molar-refractivity contribution is 0.239. The fourth-order valence-corrected chi connectivity index (χ4v) is 4.45. The summed E-state index contributed by atoms with van der Waals surface area (Å²) in [6.45, 7) is 1.25. The second-order valence-electron chi connectivity index (χ2n) is 4.74. The number of aromatic nitrogens is 1. The minimum atomic E-state index is -3.45. The Kier molecular flexibility index (Phi) is 4.91. The molecule has 19 heavy (non-hydrogen) atoms. The summed E-state index contributed by atoms with van der Waals surface area (Å²) < 4.78 is 28.0. The lowest BCUT2D eigenvalue weighted by Crippen LogP contribution is -2.51. The Bertz CT molecular complexity index is 489. The average molecular weight is 304 g/mol. The van der Waals surface area contributed by atoms with Crippen LogP contribution in [0.4, 0.5) is 0 Å². The highest BCUT2D eigenvalue weighted by molar-refractivity contribution is 7.86. The lowest BCUT2D eigenvalue weighted by atomic mass is 10.1. The molecule has 0 bridgehead atoms. The van der Waals surface area contributed by atoms with Crippen molar-refractivity contribution in [3.63, 3.8) is 0 Å². The van der Waals surface area contributed by atoms with Crippen LogP contribution in [0, 0.1) is 0 Å². The summed E-state index contributed by atoms with van der Waals surface area (Å²) >= 11 is 1.47. The van der Waals surface area contributed by atoms with Crippen molar-refractivity contribution in [3.05, 3.63) is 16.6 Å². The molecule has 1 saturated heterocycles. The Morgan fingerprint density at radius 1 is 1.58 bits per heavy atom. The van der Waals surface area contributed by atoms with E-state index in [2.05, 4.69) is 4.98 Å². The van der Waals surface area contributed by atoms with Crippen molar-refractivity contribution < 1.29 is 8.42 Å². The van der Waals surface area contributed by atoms with Crippen LogP contribution in [-0.4, -0.2) is 48.2 Å². The third-order valence-electron chi connectivity index (χ3n) is 3.40. The fourth-order valence-electron chi connectivity index (χ4n) is 2.32. The summed E-state index contributed by atoms with van der Waals surface area (Å²) in [5.41, 5.74) is 8.17. The van der Waals surface area contributed by atoms with E-state index in [1.807, 2.05) is 5.38 Å². The second kappa shape index (κ2) is 6.27. The van der Waals surface area contributed by atoms with Crippen LogP contribution >= 0.6 is 11.3 Å². The van der Waals surface area contributed by atoms with Gasteiger partial charge in [-0.05, 0) is 12.8 Å². The molecule has 0 spiro atoms. The van der Waals surface area contributed by atoms with Crippen LogP contribution in [0.2, 0.25) is 0 Å². The van der Waals surface area contributed by atoms with E-state index in [-0.39, 0.29) is 6.04 Å². The number of nitrogens with two attached hydrogens (primary N) is 1. The van der Waals surface area contributed by atoms with Gasteiger partial charge in [0.2, 0.25) is 0 Å². The standard InChI is InChI=1S/C11H20N4O2S2/c1-14(7-10-8-18-9-13-10)19(16,17)15-5-3-2-4-11(15)6-12/h8-9,11H,2-7,12H2,1H3. The zero-order valence-corrected chi connectivity index (χ0v) is 12.7. The van der Waals surface area contributed by atoms with Crippen molar-refractivity contribution in [3.8, 4) is 0 Å². The molecule has 0 aromatic carbocycles. The van der Waals surface area contributed by atoms with Crippen LogP contribution in [0.1, 0.15) is 25.0 Å². The van der Waals surface area contributed by atoms with Crippen LogP contribution in [0.25, 0.3) is 0 Å². The van der Waals surface area contributed by atoms with E-state index in [0.29, 0.717) is 19.6 Å². The van der Waals surface area contributed by atoms with Gasteiger partial charge in [-0.2, -0.15) is 17.0 Å². The topological polar surface area (TPSA) is 79.5 Å². The molecule has 1 aliphatic heterocycles. The van der Waals surface area contributed by atoms with Gasteiger partial charge < -0.3 is 5.73 Å². The number of hydrogen-bond acceptors (Lipinski definition) is 5. The third kappa shape index (κ3) is 3.32. The van der Waals surface area contributed by atoms with E-state index < -0.39 is 10.2 Å². The SMILES string of the molecule is CN(Cc1cscn1)S(=O)(=O)N1CCCCC1CN. The number of nitrogens with zero attached hydrogens (tertiary/aromatic N) is 3. The normalized spacial score (nSPS) is 21.9. The zero-order valence-electron chi connectivity index (χ0n) is 11.0. The lowest BCUT2D eigenvalue weighted by Gasteiger charge is -2.36. The number of rotatable bonds is 5. The maximum absolute atomic E-state index is 12.6. The smallest absolute Gasteiger partial charge is 0.282 e. The van der Waals surface area contributed by atoms with Crippen molar-refractivity contribution in [2.75, 3.05) is 20.1 Å². The Balaban J connectivity index is 2.11. The van der Waals surface area contributed by atoms with E-state index in [0.717, 1.165) is 25.0 Å². The molecule has 8 heteroatoms. The molecule has 6 nitrogen and oxygen atoms in total. The Morgan fingerprint density at radius 2 is 2.37 bits per heavy atom. The average Bonchev–Trinajstić information content (AvgIpc) is 2.91. The van der Waals surface area contributed by atoms with Crippen molar-refractivity contribution in [1.82, 2.24) is 13.6 Å². The molecule has 1 aromatic rings. The van der Waals surface area contributed by atoms with Crippen LogP contribution in [0.3, 0.4) is 0 Å². The molecule has 1 atom stereocenters. The first-order valence-electron chi connectivity index (χ1n) is 6.36. The largest absolute Gasteiger partial charge is 0.329 e. The van der Waals surface area contributed by atoms with Gasteiger partial charge >= 0.3 is 0 Å². The molecular formula is C11H20N4O2S2. The van der Waals surface area contributed by atoms with Gasteiger partial charge in [0.25, 0.3) is 10.2 Å². The fraction of sp³-hybridized carbons (Fsp3) is 0.727. The second-order valence-corrected chi connectivity index (χ2v) is 7.45. The van der Waals surface area contributed by atoms with Gasteiger partial charge in [-0.25, -0.2) is 4.98 Å². The maximum Gasteiger partial charge on any atom is 0.282 e. The molecule has 2 N–H and O–H groups in total. The summed E-state index contributed by atoms with van der Waals surface area (Å²) in [6.07, 6.45) is 2.80. The van der Waals surface area contributed by atoms with Crippen molar-refractivity contribution in [2.24, 2.45) is 5.73 Å². The summed E-state index contributed by atoms with van der Waals surface area (Å²) in [5.74, 6) is 0. The van der Waals surface area contributed by atoms with E-state index in [4.69, 9.17) is 5.73 Å². The van der Waals surface area contributed by atoms with Gasteiger partial charge in [-0.3, -0.25) is 0 Å². The van der Waals surface area contributed by atoms with Crippen LogP contribution in [0.5, 0.6) is 0 Å². The van der Waals surface area contributed by atoms with Gasteiger partial charge in [0.15, 0.2) is 0 Å². The van der Waals surface area contributed by atoms with Crippen LogP contribution in [0.15, 0.2) is 10.9 Å². The molecule has 1 aliphatic rings. The van der Waals surface area contributed by atoms with Crippen molar-refractivity contribution in [1.29, 1.82) is 0 Å². The van der Waals surface area contributed by atoms with E-state index >= 15 is 0 Å². The first-order chi connectivity index (χ1) is 9.05. The van der Waals surface area contributed by atoms with E-state index in [1.165, 1.54) is 15.6 Å². The van der Waals surface area contributed by atoms with E-state index in [9.17, 15) is 8.42 Å². The molecule has 0 aliphatic carbocycles. The predicted octanol–water partition coefficient (Wildman–Crippen LogP) is 0.633. The van der Waals surface area contributed by atoms with E-state index in [1.54, 1.807) is 16.9 Å². The first-order valence-corrected chi connectivity index (χ1v) is 8.70. The van der Waals surface area contributed by atoms with Gasteiger partial charge in [0.05, 0.1) is 17.7 Å². The molecule has 108 valence electrons. The maximum atomic E-state index is 12.6. The molecule has 0 amide bonds. The van der Waals surface area contributed by atoms with Gasteiger partial charge in [0.1, 0.15) is 0 Å². The van der Waals surface area contributed by atoms with Crippen LogP contribution < -0.4 is 5.73 Å². The summed E-state index contributed by atoms with van der Waals surface area (Å²) in [6, 6.07) is -0.0726. The highest BCUT2D eigenvalue weighted by Crippen LogP contribution is 2.22. The molecule has 0 saturated carbocycles. The molecule has 2 heterocycles.